The van der Waals surface area contributed by atoms with E-state index in [4.69, 9.17) is 11.6 Å². The van der Waals surface area contributed by atoms with Crippen molar-refractivity contribution in [1.29, 1.82) is 0 Å². The second kappa shape index (κ2) is 10.1. The summed E-state index contributed by atoms with van der Waals surface area (Å²) in [4.78, 5) is 17.0. The number of carbonyl (C=O) groups excluding carboxylic acids is 1. The summed E-state index contributed by atoms with van der Waals surface area (Å²) in [5.74, 6) is 0.0712. The average molecular weight is 478 g/mol. The molecule has 0 spiro atoms. The lowest BCUT2D eigenvalue weighted by atomic mass is 10.1. The number of anilines is 2. The highest BCUT2D eigenvalue weighted by Gasteiger charge is 2.24. The van der Waals surface area contributed by atoms with E-state index in [0.717, 1.165) is 13.1 Å². The van der Waals surface area contributed by atoms with E-state index < -0.39 is 10.0 Å². The maximum Gasteiger partial charge on any atom is 0.232 e. The van der Waals surface area contributed by atoms with Gasteiger partial charge in [0.2, 0.25) is 15.9 Å². The van der Waals surface area contributed by atoms with Crippen LogP contribution >= 0.6 is 11.6 Å². The van der Waals surface area contributed by atoms with Gasteiger partial charge in [-0.3, -0.25) is 9.10 Å². The van der Waals surface area contributed by atoms with Crippen molar-refractivity contribution in [2.45, 2.75) is 33.6 Å². The van der Waals surface area contributed by atoms with Gasteiger partial charge in [0.25, 0.3) is 0 Å². The normalized spacial score (nSPS) is 14.5. The van der Waals surface area contributed by atoms with Gasteiger partial charge >= 0.3 is 0 Å². The van der Waals surface area contributed by atoms with Crippen molar-refractivity contribution in [3.8, 4) is 0 Å². The van der Waals surface area contributed by atoms with Crippen LogP contribution in [0.15, 0.2) is 36.4 Å². The minimum atomic E-state index is -3.48. The molecule has 1 aliphatic heterocycles. The molecule has 1 amide bonds. The topological polar surface area (TPSA) is 60.9 Å². The molecule has 0 bridgehead atoms. The molecule has 0 N–H and O–H groups in total. The van der Waals surface area contributed by atoms with Crippen molar-refractivity contribution < 1.29 is 13.2 Å². The van der Waals surface area contributed by atoms with E-state index in [1.807, 2.05) is 4.90 Å². The lowest BCUT2D eigenvalue weighted by molar-refractivity contribution is -0.131. The molecule has 8 heteroatoms. The smallest absolute Gasteiger partial charge is 0.232 e. The van der Waals surface area contributed by atoms with Crippen LogP contribution in [0.3, 0.4) is 0 Å². The lowest BCUT2D eigenvalue weighted by Crippen LogP contribution is -2.49. The summed E-state index contributed by atoms with van der Waals surface area (Å²) >= 11 is 6.18. The van der Waals surface area contributed by atoms with Crippen LogP contribution in [0.25, 0.3) is 0 Å². The average Bonchev–Trinajstić information content (AvgIpc) is 2.75. The first-order valence-corrected chi connectivity index (χ1v) is 13.1. The standard InChI is InChI=1S/C24H32ClN3O3S/c1-18-8-5-10-22(19(18)2)26-14-16-27(17-15-26)24(29)12-7-13-28(32(4,30)31)23-11-6-9-21(25)20(23)3/h5-6,8-11H,7,12-17H2,1-4H3. The van der Waals surface area contributed by atoms with Gasteiger partial charge in [0.15, 0.2) is 0 Å². The fourth-order valence-corrected chi connectivity index (χ4v) is 5.32. The highest BCUT2D eigenvalue weighted by atomic mass is 35.5. The highest BCUT2D eigenvalue weighted by Crippen LogP contribution is 2.28. The van der Waals surface area contributed by atoms with E-state index in [-0.39, 0.29) is 12.5 Å². The van der Waals surface area contributed by atoms with E-state index >= 15 is 0 Å². The Balaban J connectivity index is 1.56. The highest BCUT2D eigenvalue weighted by molar-refractivity contribution is 7.92. The number of nitrogens with zero attached hydrogens (tertiary/aromatic N) is 3. The number of hydrogen-bond acceptors (Lipinski definition) is 4. The molecule has 1 fully saturated rings. The molecule has 0 aromatic heterocycles. The monoisotopic (exact) mass is 477 g/mol. The van der Waals surface area contributed by atoms with E-state index in [9.17, 15) is 13.2 Å². The third-order valence-corrected chi connectivity index (χ3v) is 7.80. The number of sulfonamides is 1. The Labute approximate surface area is 196 Å². The number of rotatable bonds is 7. The Hall–Kier alpha value is -2.25. The number of piperazine rings is 1. The number of amides is 1. The molecule has 0 saturated carbocycles. The molecule has 1 heterocycles. The lowest BCUT2D eigenvalue weighted by Gasteiger charge is -2.37. The van der Waals surface area contributed by atoms with Crippen LogP contribution in [-0.2, 0) is 14.8 Å². The van der Waals surface area contributed by atoms with Crippen molar-refractivity contribution >= 4 is 38.9 Å². The molecule has 32 heavy (non-hydrogen) atoms. The summed E-state index contributed by atoms with van der Waals surface area (Å²) in [5.41, 5.74) is 5.07. The number of carbonyl (C=O) groups is 1. The zero-order valence-corrected chi connectivity index (χ0v) is 20.8. The van der Waals surface area contributed by atoms with E-state index in [1.165, 1.54) is 27.4 Å². The summed E-state index contributed by atoms with van der Waals surface area (Å²) in [6.07, 6.45) is 1.95. The van der Waals surface area contributed by atoms with E-state index in [1.54, 1.807) is 25.1 Å². The molecule has 1 aliphatic rings. The van der Waals surface area contributed by atoms with Crippen LogP contribution in [0.4, 0.5) is 11.4 Å². The Morgan fingerprint density at radius 1 is 1.00 bits per heavy atom. The third-order valence-electron chi connectivity index (χ3n) is 6.21. The Morgan fingerprint density at radius 2 is 1.66 bits per heavy atom. The Morgan fingerprint density at radius 3 is 2.31 bits per heavy atom. The van der Waals surface area contributed by atoms with Crippen molar-refractivity contribution in [1.82, 2.24) is 4.90 Å². The fourth-order valence-electron chi connectivity index (χ4n) is 4.14. The first kappa shape index (κ1) is 24.4. The van der Waals surface area contributed by atoms with Gasteiger partial charge in [0.05, 0.1) is 11.9 Å². The molecule has 2 aromatic rings. The minimum absolute atomic E-state index is 0.0712. The molecule has 174 valence electrons. The largest absolute Gasteiger partial charge is 0.368 e. The summed E-state index contributed by atoms with van der Waals surface area (Å²) in [6, 6.07) is 11.5. The quantitative estimate of drug-likeness (QED) is 0.600. The van der Waals surface area contributed by atoms with Gasteiger partial charge in [-0.15, -0.1) is 0 Å². The molecule has 0 unspecified atom stereocenters. The fraction of sp³-hybridized carbons (Fsp3) is 0.458. The maximum absolute atomic E-state index is 12.8. The molecule has 6 nitrogen and oxygen atoms in total. The van der Waals surface area contributed by atoms with Crippen LogP contribution in [0.2, 0.25) is 5.02 Å². The van der Waals surface area contributed by atoms with Gasteiger partial charge in [-0.05, 0) is 62.1 Å². The minimum Gasteiger partial charge on any atom is -0.368 e. The van der Waals surface area contributed by atoms with Crippen LogP contribution in [0.5, 0.6) is 0 Å². The predicted octanol–water partition coefficient (Wildman–Crippen LogP) is 4.16. The third kappa shape index (κ3) is 5.56. The number of halogens is 1. The van der Waals surface area contributed by atoms with Crippen molar-refractivity contribution in [2.24, 2.45) is 0 Å². The summed E-state index contributed by atoms with van der Waals surface area (Å²) in [6.45, 7) is 9.25. The number of hydrogen-bond donors (Lipinski definition) is 0. The Bertz CT molecular complexity index is 1080. The Kier molecular flexibility index (Phi) is 7.72. The number of aryl methyl sites for hydroxylation is 1. The van der Waals surface area contributed by atoms with Gasteiger partial charge in [-0.25, -0.2) is 8.42 Å². The summed E-state index contributed by atoms with van der Waals surface area (Å²) < 4.78 is 26.1. The van der Waals surface area contributed by atoms with Crippen molar-refractivity contribution in [3.63, 3.8) is 0 Å². The van der Waals surface area contributed by atoms with Crippen LogP contribution < -0.4 is 9.21 Å². The first-order chi connectivity index (χ1) is 15.1. The molecule has 1 saturated heterocycles. The SMILES string of the molecule is Cc1cccc(N2CCN(C(=O)CCCN(c3cccc(Cl)c3C)S(C)(=O)=O)CC2)c1C. The molecule has 0 aliphatic carbocycles. The zero-order valence-electron chi connectivity index (χ0n) is 19.3. The van der Waals surface area contributed by atoms with Crippen LogP contribution in [0.1, 0.15) is 29.5 Å². The molecule has 2 aromatic carbocycles. The maximum atomic E-state index is 12.8. The second-order valence-corrected chi connectivity index (χ2v) is 10.7. The molecular formula is C24H32ClN3O3S. The molecule has 0 radical (unpaired) electrons. The van der Waals surface area contributed by atoms with Crippen LogP contribution in [0, 0.1) is 20.8 Å². The second-order valence-electron chi connectivity index (χ2n) is 8.41. The molecular weight excluding hydrogens is 446 g/mol. The molecule has 0 atom stereocenters. The first-order valence-electron chi connectivity index (χ1n) is 10.9. The predicted molar refractivity (Wildman–Crippen MR) is 132 cm³/mol. The number of benzene rings is 2. The van der Waals surface area contributed by atoms with E-state index in [0.29, 0.717) is 42.2 Å². The van der Waals surface area contributed by atoms with Crippen LogP contribution in [-0.4, -0.2) is 58.2 Å². The van der Waals surface area contributed by atoms with Gasteiger partial charge in [0.1, 0.15) is 0 Å². The van der Waals surface area contributed by atoms with Gasteiger partial charge in [0, 0.05) is 49.9 Å². The zero-order chi connectivity index (χ0) is 23.5. The van der Waals surface area contributed by atoms with Gasteiger partial charge in [-0.2, -0.15) is 0 Å². The summed E-state index contributed by atoms with van der Waals surface area (Å²) in [5, 5.41) is 0.522. The van der Waals surface area contributed by atoms with Gasteiger partial charge in [-0.1, -0.05) is 29.8 Å². The van der Waals surface area contributed by atoms with E-state index in [2.05, 4.69) is 36.9 Å². The summed E-state index contributed by atoms with van der Waals surface area (Å²) in [7, 11) is -3.48. The van der Waals surface area contributed by atoms with Crippen molar-refractivity contribution in [3.05, 3.63) is 58.1 Å². The molecule has 3 rings (SSSR count). The van der Waals surface area contributed by atoms with Gasteiger partial charge < -0.3 is 9.80 Å². The van der Waals surface area contributed by atoms with Crippen molar-refractivity contribution in [2.75, 3.05) is 48.2 Å².